The van der Waals surface area contributed by atoms with Gasteiger partial charge in [-0.15, -0.1) is 0 Å². The van der Waals surface area contributed by atoms with Gasteiger partial charge in [0, 0.05) is 5.39 Å². The zero-order chi connectivity index (χ0) is 8.39. The topological polar surface area (TPSA) is 63.9 Å². The number of hydrogen-bond donors (Lipinski definition) is 2. The molecule has 0 spiro atoms. The Hall–Kier alpha value is -1.39. The summed E-state index contributed by atoms with van der Waals surface area (Å²) in [5.41, 5.74) is 2.07. The van der Waals surface area contributed by atoms with Crippen LogP contribution in [0.1, 0.15) is 5.56 Å². The highest BCUT2D eigenvalue weighted by Crippen LogP contribution is 2.12. The van der Waals surface area contributed by atoms with Gasteiger partial charge >= 0.3 is 0 Å². The summed E-state index contributed by atoms with van der Waals surface area (Å²) >= 11 is 0. The number of aromatic amines is 1. The molecule has 1 aromatic heterocycles. The first-order valence-corrected chi connectivity index (χ1v) is 3.64. The summed E-state index contributed by atoms with van der Waals surface area (Å²) in [6, 6.07) is 5.90. The van der Waals surface area contributed by atoms with Crippen LogP contribution >= 0.6 is 0 Å². The molecular formula is C8H9N3O. The van der Waals surface area contributed by atoms with Crippen LogP contribution in [0.25, 0.3) is 10.9 Å². The first-order valence-electron chi connectivity index (χ1n) is 3.64. The van der Waals surface area contributed by atoms with Crippen LogP contribution in [-0.2, 0) is 11.4 Å². The fourth-order valence-electron chi connectivity index (χ4n) is 1.18. The summed E-state index contributed by atoms with van der Waals surface area (Å²) in [5, 5.41) is 7.85. The van der Waals surface area contributed by atoms with E-state index in [1.54, 1.807) is 6.20 Å². The zero-order valence-corrected chi connectivity index (χ0v) is 6.45. The smallest absolute Gasteiger partial charge is 0.0930 e. The average Bonchev–Trinajstić information content (AvgIpc) is 2.51. The van der Waals surface area contributed by atoms with E-state index in [4.69, 9.17) is 5.90 Å². The molecule has 0 unspecified atom stereocenters. The van der Waals surface area contributed by atoms with Crippen molar-refractivity contribution in [3.63, 3.8) is 0 Å². The van der Waals surface area contributed by atoms with Crippen LogP contribution in [0.4, 0.5) is 0 Å². The standard InChI is InChI=1S/C8H9N3O/c9-12-5-6-1-2-8-7(3-6)4-10-11-8/h1-4H,5,9H2,(H,10,11). The van der Waals surface area contributed by atoms with E-state index in [9.17, 15) is 0 Å². The Morgan fingerprint density at radius 1 is 1.50 bits per heavy atom. The molecule has 0 aliphatic heterocycles. The number of nitrogens with one attached hydrogen (secondary N) is 1. The molecule has 0 fully saturated rings. The van der Waals surface area contributed by atoms with Crippen LogP contribution in [0.15, 0.2) is 24.4 Å². The lowest BCUT2D eigenvalue weighted by molar-refractivity contribution is 0.124. The number of nitrogens with zero attached hydrogens (tertiary/aromatic N) is 1. The van der Waals surface area contributed by atoms with Crippen molar-refractivity contribution in [1.29, 1.82) is 0 Å². The molecule has 0 radical (unpaired) electrons. The predicted molar refractivity (Wildman–Crippen MR) is 45.1 cm³/mol. The summed E-state index contributed by atoms with van der Waals surface area (Å²) in [5.74, 6) is 4.96. The van der Waals surface area contributed by atoms with Gasteiger partial charge in [0.15, 0.2) is 0 Å². The number of nitrogens with two attached hydrogens (primary N) is 1. The molecule has 0 saturated heterocycles. The lowest BCUT2D eigenvalue weighted by atomic mass is 10.2. The summed E-state index contributed by atoms with van der Waals surface area (Å²) < 4.78 is 0. The molecule has 0 bridgehead atoms. The van der Waals surface area contributed by atoms with Gasteiger partial charge in [0.05, 0.1) is 18.3 Å². The molecule has 12 heavy (non-hydrogen) atoms. The summed E-state index contributed by atoms with van der Waals surface area (Å²) in [6.07, 6.45) is 1.77. The Bertz CT molecular complexity index is 382. The molecule has 4 nitrogen and oxygen atoms in total. The van der Waals surface area contributed by atoms with Gasteiger partial charge in [-0.1, -0.05) is 6.07 Å². The quantitative estimate of drug-likeness (QED) is 0.648. The number of fused-ring (bicyclic) bond motifs is 1. The van der Waals surface area contributed by atoms with Crippen molar-refractivity contribution >= 4 is 10.9 Å². The van der Waals surface area contributed by atoms with E-state index in [-0.39, 0.29) is 0 Å². The Balaban J connectivity index is 2.46. The largest absolute Gasteiger partial charge is 0.300 e. The molecule has 0 atom stereocenters. The minimum Gasteiger partial charge on any atom is -0.300 e. The Morgan fingerprint density at radius 3 is 3.25 bits per heavy atom. The van der Waals surface area contributed by atoms with Gasteiger partial charge in [-0.2, -0.15) is 5.10 Å². The molecule has 62 valence electrons. The highest BCUT2D eigenvalue weighted by atomic mass is 16.6. The van der Waals surface area contributed by atoms with Gasteiger partial charge in [0.25, 0.3) is 0 Å². The lowest BCUT2D eigenvalue weighted by Gasteiger charge is -1.97. The van der Waals surface area contributed by atoms with Gasteiger partial charge in [-0.25, -0.2) is 5.90 Å². The van der Waals surface area contributed by atoms with Crippen molar-refractivity contribution in [2.45, 2.75) is 6.61 Å². The van der Waals surface area contributed by atoms with Gasteiger partial charge in [0.1, 0.15) is 0 Å². The second-order valence-corrected chi connectivity index (χ2v) is 2.60. The third-order valence-electron chi connectivity index (χ3n) is 1.75. The van der Waals surface area contributed by atoms with Crippen molar-refractivity contribution < 1.29 is 4.84 Å². The number of aromatic nitrogens is 2. The second-order valence-electron chi connectivity index (χ2n) is 2.60. The molecule has 0 aliphatic rings. The van der Waals surface area contributed by atoms with E-state index in [2.05, 4.69) is 15.0 Å². The molecule has 2 rings (SSSR count). The van der Waals surface area contributed by atoms with Gasteiger partial charge in [0.2, 0.25) is 0 Å². The molecule has 0 saturated carbocycles. The molecule has 2 aromatic rings. The SMILES string of the molecule is NOCc1ccc2[nH]ncc2c1. The van der Waals surface area contributed by atoms with E-state index in [1.807, 2.05) is 18.2 Å². The third-order valence-corrected chi connectivity index (χ3v) is 1.75. The van der Waals surface area contributed by atoms with Crippen molar-refractivity contribution in [3.05, 3.63) is 30.0 Å². The molecular weight excluding hydrogens is 154 g/mol. The molecule has 1 heterocycles. The molecule has 0 aliphatic carbocycles. The molecule has 0 amide bonds. The Labute approximate surface area is 69.3 Å². The summed E-state index contributed by atoms with van der Waals surface area (Å²) in [7, 11) is 0. The minimum atomic E-state index is 0.432. The van der Waals surface area contributed by atoms with E-state index in [0.29, 0.717) is 6.61 Å². The first-order chi connectivity index (χ1) is 5.90. The van der Waals surface area contributed by atoms with Gasteiger partial charge in [-0.3, -0.25) is 9.94 Å². The summed E-state index contributed by atoms with van der Waals surface area (Å²) in [4.78, 5) is 4.52. The second kappa shape index (κ2) is 2.92. The van der Waals surface area contributed by atoms with Crippen molar-refractivity contribution in [1.82, 2.24) is 10.2 Å². The van der Waals surface area contributed by atoms with Crippen LogP contribution in [0, 0.1) is 0 Å². The van der Waals surface area contributed by atoms with Crippen LogP contribution < -0.4 is 5.90 Å². The van der Waals surface area contributed by atoms with Crippen LogP contribution in [-0.4, -0.2) is 10.2 Å². The zero-order valence-electron chi connectivity index (χ0n) is 6.45. The van der Waals surface area contributed by atoms with Gasteiger partial charge < -0.3 is 0 Å². The maximum absolute atomic E-state index is 4.96. The fraction of sp³-hybridized carbons (Fsp3) is 0.125. The van der Waals surface area contributed by atoms with Crippen LogP contribution in [0.2, 0.25) is 0 Å². The first kappa shape index (κ1) is 7.27. The van der Waals surface area contributed by atoms with E-state index < -0.39 is 0 Å². The monoisotopic (exact) mass is 163 g/mol. The maximum atomic E-state index is 4.96. The maximum Gasteiger partial charge on any atom is 0.0930 e. The van der Waals surface area contributed by atoms with Gasteiger partial charge in [-0.05, 0) is 17.7 Å². The van der Waals surface area contributed by atoms with E-state index in [1.165, 1.54) is 0 Å². The Morgan fingerprint density at radius 2 is 2.42 bits per heavy atom. The van der Waals surface area contributed by atoms with E-state index >= 15 is 0 Å². The average molecular weight is 163 g/mol. The van der Waals surface area contributed by atoms with Crippen LogP contribution in [0.5, 0.6) is 0 Å². The molecule has 1 aromatic carbocycles. The predicted octanol–water partition coefficient (Wildman–Crippen LogP) is 0.953. The number of H-pyrrole nitrogens is 1. The highest BCUT2D eigenvalue weighted by molar-refractivity contribution is 5.78. The van der Waals surface area contributed by atoms with Crippen LogP contribution in [0.3, 0.4) is 0 Å². The minimum absolute atomic E-state index is 0.432. The van der Waals surface area contributed by atoms with E-state index in [0.717, 1.165) is 16.5 Å². The third kappa shape index (κ3) is 1.17. The normalized spacial score (nSPS) is 10.8. The lowest BCUT2D eigenvalue weighted by Crippen LogP contribution is -1.98. The Kier molecular flexibility index (Phi) is 1.77. The fourth-order valence-corrected chi connectivity index (χ4v) is 1.18. The van der Waals surface area contributed by atoms with Crippen molar-refractivity contribution in [2.75, 3.05) is 0 Å². The number of hydrogen-bond acceptors (Lipinski definition) is 3. The number of benzene rings is 1. The summed E-state index contributed by atoms with van der Waals surface area (Å²) in [6.45, 7) is 0.432. The molecule has 3 N–H and O–H groups in total. The van der Waals surface area contributed by atoms with Crippen molar-refractivity contribution in [2.24, 2.45) is 5.90 Å². The number of rotatable bonds is 2. The highest BCUT2D eigenvalue weighted by Gasteiger charge is 1.96. The van der Waals surface area contributed by atoms with Crippen molar-refractivity contribution in [3.8, 4) is 0 Å². The molecule has 4 heteroatoms.